The molecular weight excluding hydrogens is 241 g/mol. The summed E-state index contributed by atoms with van der Waals surface area (Å²) in [4.78, 5) is 9.69. The molecule has 0 aromatic heterocycles. The third kappa shape index (κ3) is 2.43. The molecule has 1 N–H and O–H groups in total. The largest absolute Gasteiger partial charge is 0.481 e. The standard InChI is InChI=1S/C5H3ClF6O2/c6-5(11,12)4(9,10)3(7,8)1-2(13)14/h1H2,(H,13,14). The van der Waals surface area contributed by atoms with Crippen molar-refractivity contribution in [1.82, 2.24) is 0 Å². The van der Waals surface area contributed by atoms with Crippen molar-refractivity contribution in [3.63, 3.8) is 0 Å². The van der Waals surface area contributed by atoms with Gasteiger partial charge in [0, 0.05) is 0 Å². The van der Waals surface area contributed by atoms with Gasteiger partial charge < -0.3 is 5.11 Å². The number of alkyl halides is 7. The van der Waals surface area contributed by atoms with Gasteiger partial charge in [0.05, 0.1) is 0 Å². The summed E-state index contributed by atoms with van der Waals surface area (Å²) >= 11 is 3.74. The molecular formula is C5H3ClF6O2. The molecule has 9 heteroatoms. The molecule has 0 atom stereocenters. The molecule has 14 heavy (non-hydrogen) atoms. The van der Waals surface area contributed by atoms with Crippen molar-refractivity contribution in [3.8, 4) is 0 Å². The first-order valence-corrected chi connectivity index (χ1v) is 3.34. The number of aliphatic carboxylic acids is 1. The number of carboxylic acid groups (broad SMARTS) is 1. The Labute approximate surface area is 78.5 Å². The maximum atomic E-state index is 12.3. The number of halogens is 7. The highest BCUT2D eigenvalue weighted by molar-refractivity contribution is 6.22. The predicted molar refractivity (Wildman–Crippen MR) is 32.9 cm³/mol. The van der Waals surface area contributed by atoms with E-state index in [9.17, 15) is 31.1 Å². The van der Waals surface area contributed by atoms with Gasteiger partial charge in [0.2, 0.25) is 0 Å². The number of carboxylic acids is 1. The van der Waals surface area contributed by atoms with Gasteiger partial charge in [-0.1, -0.05) is 0 Å². The number of carbonyl (C=O) groups is 1. The minimum Gasteiger partial charge on any atom is -0.481 e. The smallest absolute Gasteiger partial charge is 0.390 e. The van der Waals surface area contributed by atoms with Crippen molar-refractivity contribution < 1.29 is 36.2 Å². The van der Waals surface area contributed by atoms with Crippen LogP contribution < -0.4 is 0 Å². The Bertz CT molecular complexity index is 235. The predicted octanol–water partition coefficient (Wildman–Crippen LogP) is 2.56. The van der Waals surface area contributed by atoms with Crippen LogP contribution in [0.3, 0.4) is 0 Å². The first-order valence-electron chi connectivity index (χ1n) is 2.96. The molecule has 84 valence electrons. The molecule has 0 aromatic carbocycles. The van der Waals surface area contributed by atoms with Crippen molar-refractivity contribution in [2.45, 2.75) is 23.6 Å². The molecule has 0 heterocycles. The zero-order valence-electron chi connectivity index (χ0n) is 6.21. The van der Waals surface area contributed by atoms with Crippen molar-refractivity contribution >= 4 is 17.6 Å². The highest BCUT2D eigenvalue weighted by Gasteiger charge is 2.71. The maximum Gasteiger partial charge on any atom is 0.390 e. The van der Waals surface area contributed by atoms with E-state index in [1.807, 2.05) is 0 Å². The van der Waals surface area contributed by atoms with Gasteiger partial charge >= 0.3 is 23.2 Å². The van der Waals surface area contributed by atoms with Crippen molar-refractivity contribution in [1.29, 1.82) is 0 Å². The summed E-state index contributed by atoms with van der Waals surface area (Å²) in [7, 11) is 0. The minimum atomic E-state index is -5.92. The first kappa shape index (κ1) is 13.3. The van der Waals surface area contributed by atoms with E-state index in [0.717, 1.165) is 0 Å². The highest BCUT2D eigenvalue weighted by atomic mass is 35.5. The lowest BCUT2D eigenvalue weighted by Crippen LogP contribution is -2.52. The number of hydrogen-bond acceptors (Lipinski definition) is 1. The van der Waals surface area contributed by atoms with Crippen molar-refractivity contribution in [2.24, 2.45) is 0 Å². The molecule has 0 spiro atoms. The second kappa shape index (κ2) is 3.48. The average molecular weight is 245 g/mol. The fraction of sp³-hybridized carbons (Fsp3) is 0.800. The average Bonchev–Trinajstić information content (AvgIpc) is 1.80. The molecule has 0 saturated carbocycles. The molecule has 0 aromatic rings. The molecule has 0 fully saturated rings. The summed E-state index contributed by atoms with van der Waals surface area (Å²) < 4.78 is 72.4. The normalized spacial score (nSPS) is 14.2. The van der Waals surface area contributed by atoms with E-state index in [0.29, 0.717) is 0 Å². The molecule has 0 aliphatic rings. The molecule has 0 amide bonds. The van der Waals surface area contributed by atoms with E-state index in [4.69, 9.17) is 5.11 Å². The van der Waals surface area contributed by atoms with Gasteiger partial charge in [0.25, 0.3) is 0 Å². The number of hydrogen-bond donors (Lipinski definition) is 1. The van der Waals surface area contributed by atoms with Crippen LogP contribution in [0.5, 0.6) is 0 Å². The summed E-state index contributed by atoms with van der Waals surface area (Å²) in [5, 5.41) is 2.27. The van der Waals surface area contributed by atoms with Crippen LogP contribution in [0.1, 0.15) is 6.42 Å². The summed E-state index contributed by atoms with van der Waals surface area (Å²) in [6.45, 7) is 0. The van der Waals surface area contributed by atoms with Crippen LogP contribution in [0.25, 0.3) is 0 Å². The molecule has 0 bridgehead atoms. The van der Waals surface area contributed by atoms with Crippen LogP contribution >= 0.6 is 11.6 Å². The van der Waals surface area contributed by atoms with Gasteiger partial charge in [-0.05, 0) is 11.6 Å². The van der Waals surface area contributed by atoms with Gasteiger partial charge in [-0.25, -0.2) is 0 Å². The molecule has 0 aliphatic heterocycles. The molecule has 0 aliphatic carbocycles. The Kier molecular flexibility index (Phi) is 3.32. The Morgan fingerprint density at radius 2 is 1.50 bits per heavy atom. The molecule has 2 nitrogen and oxygen atoms in total. The fourth-order valence-corrected chi connectivity index (χ4v) is 0.647. The Morgan fingerprint density at radius 1 is 1.14 bits per heavy atom. The lowest BCUT2D eigenvalue weighted by Gasteiger charge is -2.27. The quantitative estimate of drug-likeness (QED) is 0.610. The summed E-state index contributed by atoms with van der Waals surface area (Å²) in [5.41, 5.74) is 0. The van der Waals surface area contributed by atoms with E-state index in [2.05, 4.69) is 11.6 Å². The van der Waals surface area contributed by atoms with Crippen molar-refractivity contribution in [2.75, 3.05) is 0 Å². The zero-order valence-corrected chi connectivity index (χ0v) is 6.96. The maximum absolute atomic E-state index is 12.3. The molecule has 0 radical (unpaired) electrons. The van der Waals surface area contributed by atoms with E-state index in [1.54, 1.807) is 0 Å². The third-order valence-corrected chi connectivity index (χ3v) is 1.43. The fourth-order valence-electron chi connectivity index (χ4n) is 0.508. The van der Waals surface area contributed by atoms with Crippen LogP contribution in [-0.4, -0.2) is 28.3 Å². The molecule has 0 saturated heterocycles. The van der Waals surface area contributed by atoms with E-state index >= 15 is 0 Å². The molecule has 0 rings (SSSR count). The van der Waals surface area contributed by atoms with Crippen LogP contribution in [0.2, 0.25) is 0 Å². The lowest BCUT2D eigenvalue weighted by molar-refractivity contribution is -0.280. The topological polar surface area (TPSA) is 37.3 Å². The zero-order chi connectivity index (χ0) is 11.8. The second-order valence-electron chi connectivity index (χ2n) is 2.35. The SMILES string of the molecule is O=C(O)CC(F)(F)C(F)(F)C(F)(F)Cl. The Balaban J connectivity index is 4.97. The van der Waals surface area contributed by atoms with Gasteiger partial charge in [-0.15, -0.1) is 0 Å². The van der Waals surface area contributed by atoms with E-state index in [-0.39, 0.29) is 0 Å². The first-order chi connectivity index (χ1) is 5.92. The van der Waals surface area contributed by atoms with E-state index in [1.165, 1.54) is 0 Å². The molecule has 0 unspecified atom stereocenters. The van der Waals surface area contributed by atoms with Crippen LogP contribution in [0, 0.1) is 0 Å². The van der Waals surface area contributed by atoms with Gasteiger partial charge in [-0.3, -0.25) is 4.79 Å². The van der Waals surface area contributed by atoms with Crippen LogP contribution in [-0.2, 0) is 4.79 Å². The van der Waals surface area contributed by atoms with Crippen molar-refractivity contribution in [3.05, 3.63) is 0 Å². The third-order valence-electron chi connectivity index (χ3n) is 1.19. The van der Waals surface area contributed by atoms with E-state index < -0.39 is 29.6 Å². The summed E-state index contributed by atoms with van der Waals surface area (Å²) in [5.74, 6) is -13.7. The Morgan fingerprint density at radius 3 is 1.71 bits per heavy atom. The highest BCUT2D eigenvalue weighted by Crippen LogP contribution is 2.49. The summed E-state index contributed by atoms with van der Waals surface area (Å²) in [6.07, 6.45) is -2.43. The second-order valence-corrected chi connectivity index (χ2v) is 2.82. The lowest BCUT2D eigenvalue weighted by atomic mass is 10.1. The number of rotatable bonds is 4. The van der Waals surface area contributed by atoms with Gasteiger partial charge in [0.1, 0.15) is 6.42 Å². The monoisotopic (exact) mass is 244 g/mol. The minimum absolute atomic E-state index is 2.34. The summed E-state index contributed by atoms with van der Waals surface area (Å²) in [6, 6.07) is 0. The Hall–Kier alpha value is -0.660. The van der Waals surface area contributed by atoms with Crippen LogP contribution in [0.15, 0.2) is 0 Å². The van der Waals surface area contributed by atoms with Gasteiger partial charge in [-0.2, -0.15) is 26.3 Å². The van der Waals surface area contributed by atoms with Gasteiger partial charge in [0.15, 0.2) is 0 Å². The van der Waals surface area contributed by atoms with Crippen LogP contribution in [0.4, 0.5) is 26.3 Å².